The molecule has 0 saturated heterocycles. The zero-order valence-electron chi connectivity index (χ0n) is 20.5. The Labute approximate surface area is 215 Å². The first-order chi connectivity index (χ1) is 16.3. The van der Waals surface area contributed by atoms with E-state index in [0.717, 1.165) is 23.9 Å². The number of carbonyl (C=O) groups is 2. The second-order valence-electron chi connectivity index (χ2n) is 9.85. The Morgan fingerprint density at radius 1 is 1.14 bits per heavy atom. The highest BCUT2D eigenvalue weighted by atomic mass is 35.5. The van der Waals surface area contributed by atoms with Crippen molar-refractivity contribution in [2.45, 2.75) is 52.2 Å². The van der Waals surface area contributed by atoms with Crippen LogP contribution in [0, 0.1) is 5.41 Å². The Morgan fingerprint density at radius 3 is 2.43 bits per heavy atom. The number of halogens is 2. The van der Waals surface area contributed by atoms with Gasteiger partial charge in [0.15, 0.2) is 6.23 Å². The summed E-state index contributed by atoms with van der Waals surface area (Å²) >= 11 is 12.9. The molecule has 1 heterocycles. The number of ketones is 1. The van der Waals surface area contributed by atoms with Crippen LogP contribution in [0.5, 0.6) is 0 Å². The predicted molar refractivity (Wildman–Crippen MR) is 135 cm³/mol. The van der Waals surface area contributed by atoms with Crippen LogP contribution in [0.2, 0.25) is 10.0 Å². The number of anilines is 1. The van der Waals surface area contributed by atoms with Gasteiger partial charge in [0.05, 0.1) is 20.1 Å². The minimum atomic E-state index is -2.48. The number of carbonyl (C=O) groups excluding carboxylic acids is 2. The summed E-state index contributed by atoms with van der Waals surface area (Å²) in [6, 6.07) is 12.8. The lowest BCUT2D eigenvalue weighted by Crippen LogP contribution is -2.53. The number of fused-ring (bicyclic) bond motifs is 1. The van der Waals surface area contributed by atoms with E-state index in [4.69, 9.17) is 37.4 Å². The van der Waals surface area contributed by atoms with Crippen LogP contribution in [0.15, 0.2) is 42.5 Å². The number of esters is 1. The number of ether oxygens (including phenoxy) is 3. The number of hydrogen-bond donors (Lipinski definition) is 1. The van der Waals surface area contributed by atoms with Gasteiger partial charge in [-0.05, 0) is 36.6 Å². The number of nitrogens with zero attached hydrogens (tertiary/aromatic N) is 1. The maximum Gasteiger partial charge on any atom is 0.366 e. The first kappa shape index (κ1) is 27.4. The molecule has 1 aliphatic rings. The van der Waals surface area contributed by atoms with Gasteiger partial charge in [0.2, 0.25) is 0 Å². The lowest BCUT2D eigenvalue weighted by Gasteiger charge is -2.39. The highest BCUT2D eigenvalue weighted by Gasteiger charge is 2.45. The summed E-state index contributed by atoms with van der Waals surface area (Å²) in [6.07, 6.45) is -2.10. The Bertz CT molecular complexity index is 1090. The fraction of sp³-hybridized carbons (Fsp3) is 0.462. The molecule has 3 rings (SSSR count). The van der Waals surface area contributed by atoms with E-state index < -0.39 is 36.3 Å². The van der Waals surface area contributed by atoms with Crippen molar-refractivity contribution in [2.24, 2.45) is 5.41 Å². The van der Waals surface area contributed by atoms with Crippen LogP contribution in [0.3, 0.4) is 0 Å². The standard InChI is InChI=1S/C26H31Cl2NO6/c1-16(30)13-26(32,24(31)33-5)35-22-14-34-23(18-8-6-7-9-20(18)28)19-12-17(27)10-11-21(19)29(22)15-25(2,3)4/h6-12,22-23,32H,13-15H2,1-5H3/t22?,23-,26-/m1/s1. The molecular weight excluding hydrogens is 493 g/mol. The molecule has 7 nitrogen and oxygen atoms in total. The molecular formula is C26H31Cl2NO6. The van der Waals surface area contributed by atoms with Crippen molar-refractivity contribution in [3.8, 4) is 0 Å². The van der Waals surface area contributed by atoms with Gasteiger partial charge < -0.3 is 24.2 Å². The van der Waals surface area contributed by atoms with Crippen LogP contribution in [-0.2, 0) is 23.8 Å². The number of rotatable bonds is 7. The van der Waals surface area contributed by atoms with Crippen LogP contribution in [0.4, 0.5) is 5.69 Å². The van der Waals surface area contributed by atoms with E-state index in [1.807, 2.05) is 35.2 Å². The molecule has 0 bridgehead atoms. The molecule has 0 spiro atoms. The molecule has 0 radical (unpaired) electrons. The van der Waals surface area contributed by atoms with E-state index in [1.165, 1.54) is 6.92 Å². The monoisotopic (exact) mass is 523 g/mol. The lowest BCUT2D eigenvalue weighted by atomic mass is 9.94. The maximum atomic E-state index is 12.5. The third-order valence-electron chi connectivity index (χ3n) is 5.49. The number of methoxy groups -OCH3 is 1. The summed E-state index contributed by atoms with van der Waals surface area (Å²) in [4.78, 5) is 26.3. The summed E-state index contributed by atoms with van der Waals surface area (Å²) < 4.78 is 17.0. The van der Waals surface area contributed by atoms with E-state index in [2.05, 4.69) is 20.8 Å². The normalized spacial score (nSPS) is 19.9. The van der Waals surface area contributed by atoms with Crippen molar-refractivity contribution in [1.29, 1.82) is 0 Å². The Balaban J connectivity index is 2.15. The van der Waals surface area contributed by atoms with E-state index in [9.17, 15) is 14.7 Å². The van der Waals surface area contributed by atoms with Gasteiger partial charge in [0.1, 0.15) is 11.9 Å². The van der Waals surface area contributed by atoms with E-state index >= 15 is 0 Å². The van der Waals surface area contributed by atoms with E-state index in [0.29, 0.717) is 16.6 Å². The molecule has 2 aromatic carbocycles. The topological polar surface area (TPSA) is 85.3 Å². The third kappa shape index (κ3) is 6.54. The SMILES string of the molecule is COC(=O)[C@@](O)(CC(C)=O)OC1CO[C@H](c2ccccc2Cl)c2cc(Cl)ccc2N1CC(C)(C)C. The van der Waals surface area contributed by atoms with Crippen molar-refractivity contribution < 1.29 is 28.9 Å². The van der Waals surface area contributed by atoms with Gasteiger partial charge in [-0.1, -0.05) is 62.2 Å². The highest BCUT2D eigenvalue weighted by Crippen LogP contribution is 2.42. The minimum Gasteiger partial charge on any atom is -0.465 e. The molecule has 2 aromatic rings. The average molecular weight is 524 g/mol. The van der Waals surface area contributed by atoms with Crippen molar-refractivity contribution in [1.82, 2.24) is 0 Å². The zero-order valence-corrected chi connectivity index (χ0v) is 22.0. The number of hydrogen-bond acceptors (Lipinski definition) is 7. The zero-order chi connectivity index (χ0) is 26.0. The fourth-order valence-electron chi connectivity index (χ4n) is 4.13. The van der Waals surface area contributed by atoms with Crippen molar-refractivity contribution in [3.63, 3.8) is 0 Å². The second-order valence-corrected chi connectivity index (χ2v) is 10.7. The summed E-state index contributed by atoms with van der Waals surface area (Å²) in [6.45, 7) is 7.85. The summed E-state index contributed by atoms with van der Waals surface area (Å²) in [5.41, 5.74) is 2.02. The van der Waals surface area contributed by atoms with Gasteiger partial charge in [-0.2, -0.15) is 0 Å². The highest BCUT2D eigenvalue weighted by molar-refractivity contribution is 6.31. The molecule has 0 amide bonds. The van der Waals surface area contributed by atoms with Gasteiger partial charge in [-0.3, -0.25) is 4.79 Å². The Morgan fingerprint density at radius 2 is 1.83 bits per heavy atom. The summed E-state index contributed by atoms with van der Waals surface area (Å²) in [7, 11) is 1.12. The quantitative estimate of drug-likeness (QED) is 0.396. The minimum absolute atomic E-state index is 0.0462. The maximum absolute atomic E-state index is 12.5. The van der Waals surface area contributed by atoms with E-state index in [1.54, 1.807) is 12.1 Å². The molecule has 3 atom stereocenters. The average Bonchev–Trinajstić information content (AvgIpc) is 2.89. The predicted octanol–water partition coefficient (Wildman–Crippen LogP) is 5.15. The molecule has 1 N–H and O–H groups in total. The molecule has 35 heavy (non-hydrogen) atoms. The van der Waals surface area contributed by atoms with Crippen molar-refractivity contribution in [2.75, 3.05) is 25.2 Å². The van der Waals surface area contributed by atoms with Crippen LogP contribution in [0.1, 0.15) is 51.3 Å². The largest absolute Gasteiger partial charge is 0.465 e. The van der Waals surface area contributed by atoms with Crippen LogP contribution >= 0.6 is 23.2 Å². The summed E-state index contributed by atoms with van der Waals surface area (Å²) in [5, 5.41) is 12.1. The number of Topliss-reactive ketones (excluding diaryl/α,β-unsaturated/α-hetero) is 1. The fourth-order valence-corrected chi connectivity index (χ4v) is 4.55. The molecule has 0 aliphatic carbocycles. The summed E-state index contributed by atoms with van der Waals surface area (Å²) in [5.74, 6) is -3.98. The van der Waals surface area contributed by atoms with Gasteiger partial charge in [-0.25, -0.2) is 4.79 Å². The lowest BCUT2D eigenvalue weighted by molar-refractivity contribution is -0.248. The Hall–Kier alpha value is -2.16. The van der Waals surface area contributed by atoms with Crippen LogP contribution in [-0.4, -0.2) is 49.1 Å². The molecule has 1 unspecified atom stereocenters. The van der Waals surface area contributed by atoms with E-state index in [-0.39, 0.29) is 12.0 Å². The van der Waals surface area contributed by atoms with Gasteiger partial charge in [0, 0.05) is 33.4 Å². The van der Waals surface area contributed by atoms with Crippen molar-refractivity contribution in [3.05, 3.63) is 63.6 Å². The molecule has 0 saturated carbocycles. The number of benzene rings is 2. The molecule has 190 valence electrons. The first-order valence-corrected chi connectivity index (χ1v) is 12.0. The second kappa shape index (κ2) is 10.8. The van der Waals surface area contributed by atoms with Crippen LogP contribution in [0.25, 0.3) is 0 Å². The molecule has 0 fully saturated rings. The van der Waals surface area contributed by atoms with Gasteiger partial charge in [0.25, 0.3) is 5.79 Å². The third-order valence-corrected chi connectivity index (χ3v) is 6.07. The number of aliphatic hydroxyl groups is 1. The Kier molecular flexibility index (Phi) is 8.50. The van der Waals surface area contributed by atoms with Crippen molar-refractivity contribution >= 4 is 40.6 Å². The van der Waals surface area contributed by atoms with Gasteiger partial charge in [-0.15, -0.1) is 0 Å². The smallest absolute Gasteiger partial charge is 0.366 e. The molecule has 0 aromatic heterocycles. The van der Waals surface area contributed by atoms with Gasteiger partial charge >= 0.3 is 5.97 Å². The first-order valence-electron chi connectivity index (χ1n) is 11.2. The molecule has 9 heteroatoms. The van der Waals surface area contributed by atoms with Crippen LogP contribution < -0.4 is 4.90 Å². The molecule has 1 aliphatic heterocycles.